The normalized spacial score (nSPS) is 21.6. The Hall–Kier alpha value is -1.16. The molecule has 0 radical (unpaired) electrons. The minimum Gasteiger partial charge on any atom is -0.294 e. The Morgan fingerprint density at radius 2 is 1.88 bits per heavy atom. The fourth-order valence-corrected chi connectivity index (χ4v) is 3.60. The van der Waals surface area contributed by atoms with E-state index in [9.17, 15) is 13.2 Å². The number of sulfone groups is 1. The van der Waals surface area contributed by atoms with Crippen molar-refractivity contribution in [2.45, 2.75) is 36.8 Å². The van der Waals surface area contributed by atoms with E-state index >= 15 is 0 Å². The highest BCUT2D eigenvalue weighted by Crippen LogP contribution is 2.37. The molecule has 1 aromatic carbocycles. The van der Waals surface area contributed by atoms with Crippen molar-refractivity contribution < 1.29 is 13.2 Å². The van der Waals surface area contributed by atoms with Gasteiger partial charge in [-0.1, -0.05) is 11.6 Å². The molecule has 0 aromatic heterocycles. The summed E-state index contributed by atoms with van der Waals surface area (Å²) in [5, 5.41) is 0. The van der Waals surface area contributed by atoms with Crippen LogP contribution in [0.1, 0.15) is 36.2 Å². The molecular weight excluding hydrogens is 224 g/mol. The monoisotopic (exact) mass is 238 g/mol. The second-order valence-corrected chi connectivity index (χ2v) is 7.41. The van der Waals surface area contributed by atoms with Crippen LogP contribution < -0.4 is 0 Å². The minimum atomic E-state index is -3.39. The van der Waals surface area contributed by atoms with Crippen LogP contribution in [-0.4, -0.2) is 18.9 Å². The fraction of sp³-hybridized carbons (Fsp3) is 0.417. The lowest BCUT2D eigenvalue weighted by atomic mass is 9.98. The summed E-state index contributed by atoms with van der Waals surface area (Å²) in [6, 6.07) is 4.92. The molecule has 3 nitrogen and oxygen atoms in total. The number of carbonyl (C=O) groups excluding carboxylic acids is 1. The van der Waals surface area contributed by atoms with E-state index in [-0.39, 0.29) is 17.1 Å². The first-order valence-corrected chi connectivity index (χ1v) is 6.62. The topological polar surface area (TPSA) is 51.2 Å². The molecule has 1 aliphatic heterocycles. The quantitative estimate of drug-likeness (QED) is 0.695. The maximum atomic E-state index is 12.2. The van der Waals surface area contributed by atoms with Gasteiger partial charge in [0.1, 0.15) is 0 Å². The lowest BCUT2D eigenvalue weighted by Gasteiger charge is -2.30. The van der Waals surface area contributed by atoms with Gasteiger partial charge in [-0.25, -0.2) is 8.42 Å². The molecule has 0 spiro atoms. The molecular formula is C12H14O3S. The zero-order valence-electron chi connectivity index (χ0n) is 9.57. The van der Waals surface area contributed by atoms with Gasteiger partial charge in [-0.05, 0) is 32.9 Å². The third-order valence-corrected chi connectivity index (χ3v) is 5.57. The predicted molar refractivity (Wildman–Crippen MR) is 61.4 cm³/mol. The summed E-state index contributed by atoms with van der Waals surface area (Å²) < 4.78 is 23.5. The molecule has 0 saturated heterocycles. The molecule has 0 saturated carbocycles. The smallest absolute Gasteiger partial charge is 0.184 e. The molecule has 16 heavy (non-hydrogen) atoms. The van der Waals surface area contributed by atoms with Crippen LogP contribution in [0.4, 0.5) is 0 Å². The van der Waals surface area contributed by atoms with Crippen LogP contribution in [0.15, 0.2) is 23.1 Å². The first-order valence-electron chi connectivity index (χ1n) is 5.14. The number of Topliss-reactive ketones (excluding diaryl/α,β-unsaturated/α-hetero) is 1. The molecule has 0 bridgehead atoms. The number of hydrogen-bond acceptors (Lipinski definition) is 3. The van der Waals surface area contributed by atoms with E-state index in [1.807, 2.05) is 6.92 Å². The van der Waals surface area contributed by atoms with Gasteiger partial charge in [-0.15, -0.1) is 0 Å². The SMILES string of the molecule is Cc1ccc2c(c1)C(=O)CC(C)(C)S2(=O)=O. The van der Waals surface area contributed by atoms with Gasteiger partial charge in [0.25, 0.3) is 0 Å². The molecule has 1 aliphatic rings. The van der Waals surface area contributed by atoms with E-state index in [2.05, 4.69) is 0 Å². The second kappa shape index (κ2) is 3.17. The number of rotatable bonds is 0. The molecule has 0 fully saturated rings. The van der Waals surface area contributed by atoms with E-state index in [4.69, 9.17) is 0 Å². The van der Waals surface area contributed by atoms with Crippen molar-refractivity contribution in [2.75, 3.05) is 0 Å². The Balaban J connectivity index is 2.80. The van der Waals surface area contributed by atoms with Crippen LogP contribution >= 0.6 is 0 Å². The Morgan fingerprint density at radius 3 is 2.50 bits per heavy atom. The summed E-state index contributed by atoms with van der Waals surface area (Å²) in [6.07, 6.45) is 0.0613. The fourth-order valence-electron chi connectivity index (χ4n) is 1.97. The summed E-state index contributed by atoms with van der Waals surface area (Å²) in [5.41, 5.74) is 1.25. The molecule has 0 unspecified atom stereocenters. The van der Waals surface area contributed by atoms with Gasteiger partial charge in [0.2, 0.25) is 0 Å². The van der Waals surface area contributed by atoms with Crippen molar-refractivity contribution in [3.8, 4) is 0 Å². The van der Waals surface area contributed by atoms with Crippen LogP contribution in [0.5, 0.6) is 0 Å². The van der Waals surface area contributed by atoms with Crippen molar-refractivity contribution in [3.05, 3.63) is 29.3 Å². The molecule has 4 heteroatoms. The van der Waals surface area contributed by atoms with Gasteiger partial charge in [0.15, 0.2) is 15.6 Å². The molecule has 2 rings (SSSR count). The zero-order valence-corrected chi connectivity index (χ0v) is 10.4. The van der Waals surface area contributed by atoms with Crippen molar-refractivity contribution >= 4 is 15.6 Å². The Morgan fingerprint density at radius 1 is 1.25 bits per heavy atom. The maximum absolute atomic E-state index is 12.2. The summed E-state index contributed by atoms with van der Waals surface area (Å²) in [6.45, 7) is 5.05. The van der Waals surface area contributed by atoms with Crippen LogP contribution in [0.2, 0.25) is 0 Å². The Bertz CT molecular complexity index is 568. The van der Waals surface area contributed by atoms with Crippen molar-refractivity contribution in [3.63, 3.8) is 0 Å². The number of carbonyl (C=O) groups is 1. The minimum absolute atomic E-state index is 0.0613. The summed E-state index contributed by atoms with van der Waals surface area (Å²) in [7, 11) is -3.39. The number of benzene rings is 1. The zero-order chi connectivity index (χ0) is 12.1. The van der Waals surface area contributed by atoms with E-state index in [1.54, 1.807) is 32.0 Å². The van der Waals surface area contributed by atoms with Crippen LogP contribution in [0, 0.1) is 6.92 Å². The van der Waals surface area contributed by atoms with Crippen LogP contribution in [-0.2, 0) is 9.84 Å². The molecule has 1 aromatic rings. The maximum Gasteiger partial charge on any atom is 0.184 e. The average molecular weight is 238 g/mol. The van der Waals surface area contributed by atoms with Crippen molar-refractivity contribution in [2.24, 2.45) is 0 Å². The lowest BCUT2D eigenvalue weighted by molar-refractivity contribution is 0.0964. The molecule has 0 aliphatic carbocycles. The van der Waals surface area contributed by atoms with Crippen LogP contribution in [0.3, 0.4) is 0 Å². The van der Waals surface area contributed by atoms with Crippen molar-refractivity contribution in [1.82, 2.24) is 0 Å². The number of ketones is 1. The largest absolute Gasteiger partial charge is 0.294 e. The van der Waals surface area contributed by atoms with Crippen LogP contribution in [0.25, 0.3) is 0 Å². The highest BCUT2D eigenvalue weighted by molar-refractivity contribution is 7.93. The highest BCUT2D eigenvalue weighted by Gasteiger charge is 2.44. The summed E-state index contributed by atoms with van der Waals surface area (Å²) >= 11 is 0. The standard InChI is InChI=1S/C12H14O3S/c1-8-4-5-11-9(6-8)10(13)7-12(2,3)16(11,14)15/h4-6H,7H2,1-3H3. The van der Waals surface area contributed by atoms with E-state index < -0.39 is 14.6 Å². The highest BCUT2D eigenvalue weighted by atomic mass is 32.2. The van der Waals surface area contributed by atoms with E-state index in [0.717, 1.165) is 5.56 Å². The number of fused-ring (bicyclic) bond motifs is 1. The van der Waals surface area contributed by atoms with Gasteiger partial charge >= 0.3 is 0 Å². The predicted octanol–water partition coefficient (Wildman–Crippen LogP) is 2.13. The lowest BCUT2D eigenvalue weighted by Crippen LogP contribution is -2.39. The summed E-state index contributed by atoms with van der Waals surface area (Å²) in [4.78, 5) is 12.1. The third-order valence-electron chi connectivity index (χ3n) is 3.04. The molecule has 86 valence electrons. The van der Waals surface area contributed by atoms with E-state index in [1.165, 1.54) is 0 Å². The number of aryl methyl sites for hydroxylation is 1. The first-order chi connectivity index (χ1) is 7.25. The Kier molecular flexibility index (Phi) is 2.24. The van der Waals surface area contributed by atoms with Gasteiger partial charge < -0.3 is 0 Å². The molecule has 0 amide bonds. The number of hydrogen-bond donors (Lipinski definition) is 0. The van der Waals surface area contributed by atoms with Gasteiger partial charge in [0.05, 0.1) is 9.64 Å². The second-order valence-electron chi connectivity index (χ2n) is 4.86. The van der Waals surface area contributed by atoms with Crippen molar-refractivity contribution in [1.29, 1.82) is 0 Å². The van der Waals surface area contributed by atoms with Gasteiger partial charge in [-0.3, -0.25) is 4.79 Å². The Labute approximate surface area is 95.4 Å². The third kappa shape index (κ3) is 1.40. The molecule has 0 atom stereocenters. The summed E-state index contributed by atoms with van der Waals surface area (Å²) in [5.74, 6) is -0.0847. The van der Waals surface area contributed by atoms with Gasteiger partial charge in [0, 0.05) is 12.0 Å². The first kappa shape index (κ1) is 11.3. The molecule has 1 heterocycles. The molecule has 0 N–H and O–H groups in total. The van der Waals surface area contributed by atoms with Gasteiger partial charge in [-0.2, -0.15) is 0 Å². The van der Waals surface area contributed by atoms with E-state index in [0.29, 0.717) is 5.56 Å². The average Bonchev–Trinajstić information content (AvgIpc) is 2.14.